The van der Waals surface area contributed by atoms with Crippen LogP contribution in [0.1, 0.15) is 28.8 Å². The lowest BCUT2D eigenvalue weighted by molar-refractivity contribution is 0.0793. The van der Waals surface area contributed by atoms with Gasteiger partial charge in [0.1, 0.15) is 5.82 Å². The third-order valence-corrected chi connectivity index (χ3v) is 3.94. The van der Waals surface area contributed by atoms with Crippen LogP contribution in [0.15, 0.2) is 48.5 Å². The van der Waals surface area contributed by atoms with Gasteiger partial charge >= 0.3 is 0 Å². The highest BCUT2D eigenvalue weighted by molar-refractivity contribution is 5.95. The van der Waals surface area contributed by atoms with E-state index in [2.05, 4.69) is 5.32 Å². The number of nitrogens with zero attached hydrogens (tertiary/aromatic N) is 1. The van der Waals surface area contributed by atoms with E-state index in [1.165, 1.54) is 6.07 Å². The molecule has 3 nitrogen and oxygen atoms in total. The molecule has 0 atom stereocenters. The molecule has 1 fully saturated rings. The Balaban J connectivity index is 1.68. The fourth-order valence-corrected chi connectivity index (χ4v) is 2.70. The second-order valence-electron chi connectivity index (χ2n) is 5.53. The first-order valence-electron chi connectivity index (χ1n) is 7.60. The number of benzene rings is 2. The van der Waals surface area contributed by atoms with Gasteiger partial charge in [0.2, 0.25) is 0 Å². The number of hydrogen-bond acceptors (Lipinski definition) is 2. The molecule has 3 rings (SSSR count). The van der Waals surface area contributed by atoms with Gasteiger partial charge in [-0.3, -0.25) is 4.79 Å². The van der Waals surface area contributed by atoms with Crippen LogP contribution in [-0.4, -0.2) is 23.9 Å². The molecule has 0 aromatic heterocycles. The van der Waals surface area contributed by atoms with Crippen molar-refractivity contribution in [3.05, 3.63) is 65.5 Å². The van der Waals surface area contributed by atoms with E-state index < -0.39 is 0 Å². The number of hydrogen-bond donors (Lipinski definition) is 1. The summed E-state index contributed by atoms with van der Waals surface area (Å²) >= 11 is 0. The molecule has 1 aliphatic rings. The van der Waals surface area contributed by atoms with Crippen LogP contribution in [-0.2, 0) is 6.54 Å². The summed E-state index contributed by atoms with van der Waals surface area (Å²) in [7, 11) is 0. The SMILES string of the molecule is O=C(c1cccc(NCc2ccccc2F)c1)N1CCCC1. The summed E-state index contributed by atoms with van der Waals surface area (Å²) in [4.78, 5) is 14.3. The molecule has 22 heavy (non-hydrogen) atoms. The first-order valence-corrected chi connectivity index (χ1v) is 7.60. The molecular weight excluding hydrogens is 279 g/mol. The average molecular weight is 298 g/mol. The van der Waals surface area contributed by atoms with E-state index in [0.29, 0.717) is 17.7 Å². The molecule has 0 bridgehead atoms. The standard InChI is InChI=1S/C18H19FN2O/c19-17-9-2-1-6-15(17)13-20-16-8-5-7-14(12-16)18(22)21-10-3-4-11-21/h1-2,5-9,12,20H,3-4,10-11,13H2. The van der Waals surface area contributed by atoms with Crippen molar-refractivity contribution in [1.29, 1.82) is 0 Å². The van der Waals surface area contributed by atoms with Crippen molar-refractivity contribution in [2.75, 3.05) is 18.4 Å². The lowest BCUT2D eigenvalue weighted by atomic mass is 10.1. The van der Waals surface area contributed by atoms with Crippen molar-refractivity contribution in [2.24, 2.45) is 0 Å². The number of likely N-dealkylation sites (tertiary alicyclic amines) is 1. The van der Waals surface area contributed by atoms with Gasteiger partial charge in [-0.15, -0.1) is 0 Å². The number of amides is 1. The Labute approximate surface area is 129 Å². The zero-order valence-corrected chi connectivity index (χ0v) is 12.4. The van der Waals surface area contributed by atoms with Gasteiger partial charge in [0.05, 0.1) is 0 Å². The quantitative estimate of drug-likeness (QED) is 0.934. The van der Waals surface area contributed by atoms with E-state index in [-0.39, 0.29) is 11.7 Å². The fraction of sp³-hybridized carbons (Fsp3) is 0.278. The molecule has 1 N–H and O–H groups in total. The van der Waals surface area contributed by atoms with Gasteiger partial charge in [0.25, 0.3) is 5.91 Å². The zero-order chi connectivity index (χ0) is 15.4. The lowest BCUT2D eigenvalue weighted by Crippen LogP contribution is -2.27. The maximum Gasteiger partial charge on any atom is 0.253 e. The third kappa shape index (κ3) is 3.27. The topological polar surface area (TPSA) is 32.3 Å². The van der Waals surface area contributed by atoms with Crippen molar-refractivity contribution in [2.45, 2.75) is 19.4 Å². The number of anilines is 1. The molecule has 0 unspecified atom stereocenters. The number of halogens is 1. The largest absolute Gasteiger partial charge is 0.381 e. The van der Waals surface area contributed by atoms with E-state index in [4.69, 9.17) is 0 Å². The molecule has 114 valence electrons. The van der Waals surface area contributed by atoms with Crippen LogP contribution in [0.2, 0.25) is 0 Å². The van der Waals surface area contributed by atoms with Gasteiger partial charge in [-0.1, -0.05) is 24.3 Å². The minimum atomic E-state index is -0.223. The van der Waals surface area contributed by atoms with E-state index in [1.54, 1.807) is 12.1 Å². The molecule has 1 heterocycles. The van der Waals surface area contributed by atoms with Gasteiger partial charge in [0, 0.05) is 36.4 Å². The molecule has 2 aromatic rings. The minimum Gasteiger partial charge on any atom is -0.381 e. The molecule has 0 aliphatic carbocycles. The Kier molecular flexibility index (Phi) is 4.37. The molecule has 0 spiro atoms. The Morgan fingerprint density at radius 3 is 2.64 bits per heavy atom. The molecule has 2 aromatic carbocycles. The second-order valence-corrected chi connectivity index (χ2v) is 5.53. The third-order valence-electron chi connectivity index (χ3n) is 3.94. The summed E-state index contributed by atoms with van der Waals surface area (Å²) in [5, 5.41) is 3.18. The average Bonchev–Trinajstić information content (AvgIpc) is 3.08. The van der Waals surface area contributed by atoms with Crippen molar-refractivity contribution in [3.63, 3.8) is 0 Å². The summed E-state index contributed by atoms with van der Waals surface area (Å²) in [5.74, 6) is -0.147. The maximum atomic E-state index is 13.6. The zero-order valence-electron chi connectivity index (χ0n) is 12.4. The van der Waals surface area contributed by atoms with Crippen LogP contribution in [0, 0.1) is 5.82 Å². The van der Waals surface area contributed by atoms with Gasteiger partial charge in [0.15, 0.2) is 0 Å². The molecule has 0 radical (unpaired) electrons. The monoisotopic (exact) mass is 298 g/mol. The van der Waals surface area contributed by atoms with E-state index in [0.717, 1.165) is 31.6 Å². The van der Waals surface area contributed by atoms with Crippen molar-refractivity contribution in [1.82, 2.24) is 4.90 Å². The minimum absolute atomic E-state index is 0.0760. The predicted octanol–water partition coefficient (Wildman–Crippen LogP) is 3.67. The van der Waals surface area contributed by atoms with Crippen LogP contribution < -0.4 is 5.32 Å². The van der Waals surface area contributed by atoms with Crippen molar-refractivity contribution in [3.8, 4) is 0 Å². The number of rotatable bonds is 4. The number of carbonyl (C=O) groups is 1. The van der Waals surface area contributed by atoms with E-state index >= 15 is 0 Å². The molecule has 1 aliphatic heterocycles. The summed E-state index contributed by atoms with van der Waals surface area (Å²) in [6.45, 7) is 2.07. The van der Waals surface area contributed by atoms with Crippen LogP contribution in [0.3, 0.4) is 0 Å². The van der Waals surface area contributed by atoms with E-state index in [9.17, 15) is 9.18 Å². The Hall–Kier alpha value is -2.36. The van der Waals surface area contributed by atoms with Crippen LogP contribution >= 0.6 is 0 Å². The van der Waals surface area contributed by atoms with Crippen LogP contribution in [0.5, 0.6) is 0 Å². The number of carbonyl (C=O) groups excluding carboxylic acids is 1. The van der Waals surface area contributed by atoms with Crippen molar-refractivity contribution < 1.29 is 9.18 Å². The highest BCUT2D eigenvalue weighted by Crippen LogP contribution is 2.17. The molecular formula is C18H19FN2O. The first-order chi connectivity index (χ1) is 10.7. The number of nitrogens with one attached hydrogen (secondary N) is 1. The van der Waals surface area contributed by atoms with E-state index in [1.807, 2.05) is 35.2 Å². The summed E-state index contributed by atoms with van der Waals surface area (Å²) < 4.78 is 13.6. The van der Waals surface area contributed by atoms with Gasteiger partial charge in [-0.2, -0.15) is 0 Å². The molecule has 4 heteroatoms. The van der Waals surface area contributed by atoms with Crippen molar-refractivity contribution >= 4 is 11.6 Å². The molecule has 0 saturated carbocycles. The smallest absolute Gasteiger partial charge is 0.253 e. The Bertz CT molecular complexity index is 666. The molecule has 1 amide bonds. The molecule has 1 saturated heterocycles. The van der Waals surface area contributed by atoms with Gasteiger partial charge in [-0.25, -0.2) is 4.39 Å². The normalized spacial score (nSPS) is 14.1. The highest BCUT2D eigenvalue weighted by Gasteiger charge is 2.19. The maximum absolute atomic E-state index is 13.6. The summed E-state index contributed by atoms with van der Waals surface area (Å²) in [6.07, 6.45) is 2.16. The summed E-state index contributed by atoms with van der Waals surface area (Å²) in [6, 6.07) is 14.1. The Morgan fingerprint density at radius 1 is 1.09 bits per heavy atom. The second kappa shape index (κ2) is 6.60. The highest BCUT2D eigenvalue weighted by atomic mass is 19.1. The van der Waals surface area contributed by atoms with Crippen LogP contribution in [0.25, 0.3) is 0 Å². The Morgan fingerprint density at radius 2 is 1.86 bits per heavy atom. The predicted molar refractivity (Wildman–Crippen MR) is 85.3 cm³/mol. The first kappa shape index (κ1) is 14.6. The lowest BCUT2D eigenvalue weighted by Gasteiger charge is -2.16. The fourth-order valence-electron chi connectivity index (χ4n) is 2.70. The summed E-state index contributed by atoms with van der Waals surface area (Å²) in [5.41, 5.74) is 2.12. The van der Waals surface area contributed by atoms with Gasteiger partial charge in [-0.05, 0) is 37.1 Å². The van der Waals surface area contributed by atoms with Crippen LogP contribution in [0.4, 0.5) is 10.1 Å². The van der Waals surface area contributed by atoms with Gasteiger partial charge < -0.3 is 10.2 Å².